The van der Waals surface area contributed by atoms with Gasteiger partial charge in [0.15, 0.2) is 0 Å². The number of likely N-dealkylation sites (tertiary alicyclic amines) is 1. The summed E-state index contributed by atoms with van der Waals surface area (Å²) in [6.45, 7) is 2.96. The minimum absolute atomic E-state index is 0.240. The molecule has 3 rings (SSSR count). The zero-order valence-electron chi connectivity index (χ0n) is 13.7. The molecule has 1 fully saturated rings. The summed E-state index contributed by atoms with van der Waals surface area (Å²) in [5, 5.41) is 4.50. The monoisotopic (exact) mass is 337 g/mol. The Hall–Kier alpha value is -1.82. The number of hydrogen-bond donors (Lipinski definition) is 1. The average molecular weight is 337 g/mol. The number of pyridine rings is 1. The quantitative estimate of drug-likeness (QED) is 0.890. The molecule has 24 heavy (non-hydrogen) atoms. The van der Waals surface area contributed by atoms with Crippen LogP contribution < -0.4 is 5.32 Å². The molecule has 1 aromatic heterocycles. The van der Waals surface area contributed by atoms with Gasteiger partial charge in [0.05, 0.1) is 12.1 Å². The van der Waals surface area contributed by atoms with E-state index in [0.717, 1.165) is 35.1 Å². The first-order valence-corrected chi connectivity index (χ1v) is 8.36. The van der Waals surface area contributed by atoms with Gasteiger partial charge >= 0.3 is 6.18 Å². The fourth-order valence-corrected chi connectivity index (χ4v) is 3.29. The Kier molecular flexibility index (Phi) is 4.94. The maximum atomic E-state index is 12.5. The Morgan fingerprint density at radius 3 is 2.83 bits per heavy atom. The van der Waals surface area contributed by atoms with E-state index in [4.69, 9.17) is 0 Å². The largest absolute Gasteiger partial charge is 0.401 e. The molecule has 6 heteroatoms. The second kappa shape index (κ2) is 6.97. The van der Waals surface area contributed by atoms with Crippen molar-refractivity contribution in [1.82, 2.24) is 9.88 Å². The minimum atomic E-state index is -4.11. The highest BCUT2D eigenvalue weighted by Crippen LogP contribution is 2.26. The van der Waals surface area contributed by atoms with Crippen molar-refractivity contribution in [2.45, 2.75) is 25.9 Å². The van der Waals surface area contributed by atoms with E-state index < -0.39 is 12.7 Å². The third kappa shape index (κ3) is 4.17. The zero-order chi connectivity index (χ0) is 17.2. The highest BCUT2D eigenvalue weighted by atomic mass is 19.4. The van der Waals surface area contributed by atoms with E-state index >= 15 is 0 Å². The highest BCUT2D eigenvalue weighted by molar-refractivity contribution is 5.91. The lowest BCUT2D eigenvalue weighted by atomic mass is 10.1. The number of nitrogens with zero attached hydrogens (tertiary/aromatic N) is 2. The number of benzene rings is 1. The van der Waals surface area contributed by atoms with Crippen LogP contribution in [0.5, 0.6) is 0 Å². The van der Waals surface area contributed by atoms with Gasteiger partial charge in [0, 0.05) is 29.9 Å². The summed E-state index contributed by atoms with van der Waals surface area (Å²) in [4.78, 5) is 6.11. The van der Waals surface area contributed by atoms with Gasteiger partial charge in [-0.15, -0.1) is 0 Å². The van der Waals surface area contributed by atoms with E-state index in [9.17, 15) is 13.2 Å². The molecular weight excluding hydrogens is 315 g/mol. The number of para-hydroxylation sites is 1. The summed E-state index contributed by atoms with van der Waals surface area (Å²) in [5.41, 5.74) is 2.98. The van der Waals surface area contributed by atoms with Gasteiger partial charge in [-0.1, -0.05) is 25.1 Å². The lowest BCUT2D eigenvalue weighted by molar-refractivity contribution is -0.143. The van der Waals surface area contributed by atoms with Gasteiger partial charge < -0.3 is 5.32 Å². The molecule has 0 radical (unpaired) electrons. The molecule has 1 aliphatic heterocycles. The molecule has 1 N–H and O–H groups in total. The number of fused-ring (bicyclic) bond motifs is 1. The molecule has 2 aromatic rings. The first-order chi connectivity index (χ1) is 11.4. The first-order valence-electron chi connectivity index (χ1n) is 8.36. The minimum Gasteiger partial charge on any atom is -0.384 e. The molecule has 0 amide bonds. The number of anilines is 1. The van der Waals surface area contributed by atoms with Crippen LogP contribution in [0.2, 0.25) is 0 Å². The Bertz CT molecular complexity index is 699. The SMILES string of the molecule is CCc1cc(NCC2CCN(CC(F)(F)F)C2)c2ccccc2n1. The van der Waals surface area contributed by atoms with Crippen LogP contribution in [0.4, 0.5) is 18.9 Å². The molecule has 0 spiro atoms. The number of alkyl halides is 3. The van der Waals surface area contributed by atoms with Crippen molar-refractivity contribution >= 4 is 16.6 Å². The standard InChI is InChI=1S/C18H22F3N3/c1-2-14-9-17(15-5-3-4-6-16(15)23-14)22-10-13-7-8-24(11-13)12-18(19,20)21/h3-6,9,13H,2,7-8,10-12H2,1H3,(H,22,23). The summed E-state index contributed by atoms with van der Waals surface area (Å²) in [6, 6.07) is 9.99. The van der Waals surface area contributed by atoms with E-state index in [1.807, 2.05) is 30.3 Å². The van der Waals surface area contributed by atoms with Gasteiger partial charge in [0.25, 0.3) is 0 Å². The van der Waals surface area contributed by atoms with E-state index in [1.165, 1.54) is 4.90 Å². The van der Waals surface area contributed by atoms with Crippen molar-refractivity contribution in [1.29, 1.82) is 0 Å². The number of aryl methyl sites for hydroxylation is 1. The van der Waals surface area contributed by atoms with Gasteiger partial charge in [-0.3, -0.25) is 9.88 Å². The average Bonchev–Trinajstić information content (AvgIpc) is 2.97. The lowest BCUT2D eigenvalue weighted by Crippen LogP contribution is -2.33. The number of rotatable bonds is 5. The van der Waals surface area contributed by atoms with Crippen molar-refractivity contribution in [3.8, 4) is 0 Å². The van der Waals surface area contributed by atoms with Crippen LogP contribution in [-0.2, 0) is 6.42 Å². The van der Waals surface area contributed by atoms with Crippen molar-refractivity contribution in [3.05, 3.63) is 36.0 Å². The normalized spacial score (nSPS) is 19.1. The first kappa shape index (κ1) is 17.0. The van der Waals surface area contributed by atoms with Gasteiger partial charge in [-0.05, 0) is 37.4 Å². The van der Waals surface area contributed by atoms with Gasteiger partial charge in [0.1, 0.15) is 0 Å². The van der Waals surface area contributed by atoms with E-state index in [0.29, 0.717) is 19.6 Å². The molecule has 0 bridgehead atoms. The smallest absolute Gasteiger partial charge is 0.384 e. The van der Waals surface area contributed by atoms with Crippen molar-refractivity contribution in [2.75, 3.05) is 31.5 Å². The topological polar surface area (TPSA) is 28.2 Å². The van der Waals surface area contributed by atoms with Crippen LogP contribution in [-0.4, -0.2) is 42.2 Å². The van der Waals surface area contributed by atoms with Crippen LogP contribution >= 0.6 is 0 Å². The molecule has 1 atom stereocenters. The molecule has 2 heterocycles. The molecule has 0 aliphatic carbocycles. The molecule has 1 aliphatic rings. The van der Waals surface area contributed by atoms with Crippen LogP contribution in [0.1, 0.15) is 19.0 Å². The van der Waals surface area contributed by atoms with E-state index in [1.54, 1.807) is 0 Å². The number of halogens is 3. The summed E-state index contributed by atoms with van der Waals surface area (Å²) in [7, 11) is 0. The van der Waals surface area contributed by atoms with Gasteiger partial charge in [-0.25, -0.2) is 0 Å². The molecular formula is C18H22F3N3. The second-order valence-electron chi connectivity index (χ2n) is 6.42. The lowest BCUT2D eigenvalue weighted by Gasteiger charge is -2.18. The fraction of sp³-hybridized carbons (Fsp3) is 0.500. The summed E-state index contributed by atoms with van der Waals surface area (Å²) in [5.74, 6) is 0.240. The molecule has 1 aromatic carbocycles. The van der Waals surface area contributed by atoms with Crippen molar-refractivity contribution in [3.63, 3.8) is 0 Å². The van der Waals surface area contributed by atoms with Gasteiger partial charge in [-0.2, -0.15) is 13.2 Å². The Balaban J connectivity index is 1.66. The molecule has 130 valence electrons. The van der Waals surface area contributed by atoms with Gasteiger partial charge in [0.2, 0.25) is 0 Å². The second-order valence-corrected chi connectivity index (χ2v) is 6.42. The third-order valence-electron chi connectivity index (χ3n) is 4.49. The zero-order valence-corrected chi connectivity index (χ0v) is 13.7. The summed E-state index contributed by atoms with van der Waals surface area (Å²) < 4.78 is 37.4. The molecule has 0 saturated carbocycles. The van der Waals surface area contributed by atoms with E-state index in [-0.39, 0.29) is 5.92 Å². The third-order valence-corrected chi connectivity index (χ3v) is 4.49. The van der Waals surface area contributed by atoms with Crippen LogP contribution in [0, 0.1) is 5.92 Å². The van der Waals surface area contributed by atoms with Crippen molar-refractivity contribution < 1.29 is 13.2 Å². The van der Waals surface area contributed by atoms with Crippen LogP contribution in [0.3, 0.4) is 0 Å². The Labute approximate surface area is 139 Å². The maximum absolute atomic E-state index is 12.5. The Morgan fingerprint density at radius 1 is 1.29 bits per heavy atom. The number of nitrogens with one attached hydrogen (secondary N) is 1. The summed E-state index contributed by atoms with van der Waals surface area (Å²) in [6.07, 6.45) is -2.46. The Morgan fingerprint density at radius 2 is 2.08 bits per heavy atom. The number of hydrogen-bond acceptors (Lipinski definition) is 3. The van der Waals surface area contributed by atoms with E-state index in [2.05, 4.69) is 17.2 Å². The molecule has 1 unspecified atom stereocenters. The molecule has 3 nitrogen and oxygen atoms in total. The summed E-state index contributed by atoms with van der Waals surface area (Å²) >= 11 is 0. The number of aromatic nitrogens is 1. The molecule has 1 saturated heterocycles. The maximum Gasteiger partial charge on any atom is 0.401 e. The van der Waals surface area contributed by atoms with Crippen molar-refractivity contribution in [2.24, 2.45) is 5.92 Å². The predicted molar refractivity (Wildman–Crippen MR) is 90.2 cm³/mol. The van der Waals surface area contributed by atoms with Crippen LogP contribution in [0.25, 0.3) is 10.9 Å². The predicted octanol–water partition coefficient (Wildman–Crippen LogP) is 4.09. The fourth-order valence-electron chi connectivity index (χ4n) is 3.29. The highest BCUT2D eigenvalue weighted by Gasteiger charge is 2.34. The van der Waals surface area contributed by atoms with Crippen LogP contribution in [0.15, 0.2) is 30.3 Å².